The van der Waals surface area contributed by atoms with Crippen LogP contribution >= 0.6 is 11.3 Å². The van der Waals surface area contributed by atoms with Crippen molar-refractivity contribution in [2.24, 2.45) is 0 Å². The van der Waals surface area contributed by atoms with Gasteiger partial charge in [-0.1, -0.05) is 24.6 Å². The molecule has 1 saturated heterocycles. The monoisotopic (exact) mass is 406 g/mol. The molecule has 0 aliphatic carbocycles. The summed E-state index contributed by atoms with van der Waals surface area (Å²) in [4.78, 5) is 16.8. The molecule has 1 aliphatic heterocycles. The minimum Gasteiger partial charge on any atom is -0.335 e. The normalized spacial score (nSPS) is 15.9. The molecule has 2 heterocycles. The quantitative estimate of drug-likeness (QED) is 0.782. The van der Waals surface area contributed by atoms with Crippen LogP contribution in [0.4, 0.5) is 0 Å². The Bertz CT molecular complexity index is 956. The molecule has 1 fully saturated rings. The van der Waals surface area contributed by atoms with Crippen LogP contribution in [0.3, 0.4) is 0 Å². The number of amides is 1. The molecule has 27 heavy (non-hydrogen) atoms. The molecule has 0 N–H and O–H groups in total. The van der Waals surface area contributed by atoms with Gasteiger partial charge in [0.2, 0.25) is 10.0 Å². The Morgan fingerprint density at radius 3 is 2.30 bits per heavy atom. The van der Waals surface area contributed by atoms with Crippen LogP contribution in [-0.2, 0) is 16.4 Å². The van der Waals surface area contributed by atoms with E-state index in [1.807, 2.05) is 39.0 Å². The highest BCUT2D eigenvalue weighted by molar-refractivity contribution is 7.89. The molecule has 3 rings (SSSR count). The summed E-state index contributed by atoms with van der Waals surface area (Å²) in [6.45, 7) is 9.38. The first-order valence-electron chi connectivity index (χ1n) is 9.20. The molecule has 2 aromatic rings. The molecule has 1 amide bonds. The molecule has 1 aromatic carbocycles. The molecule has 0 radical (unpaired) electrons. The largest absolute Gasteiger partial charge is 0.335 e. The number of sulfonamides is 1. The number of nitrogens with zero attached hydrogens (tertiary/aromatic N) is 2. The van der Waals surface area contributed by atoms with Crippen molar-refractivity contribution in [3.05, 3.63) is 50.7 Å². The number of benzene rings is 1. The van der Waals surface area contributed by atoms with Gasteiger partial charge in [-0.25, -0.2) is 8.42 Å². The second-order valence-corrected chi connectivity index (χ2v) is 10.2. The predicted octanol–water partition coefficient (Wildman–Crippen LogP) is 3.38. The van der Waals surface area contributed by atoms with Gasteiger partial charge in [0.1, 0.15) is 0 Å². The van der Waals surface area contributed by atoms with Crippen molar-refractivity contribution >= 4 is 27.3 Å². The van der Waals surface area contributed by atoms with E-state index >= 15 is 0 Å². The maximum Gasteiger partial charge on any atom is 0.264 e. The van der Waals surface area contributed by atoms with E-state index in [4.69, 9.17) is 0 Å². The highest BCUT2D eigenvalue weighted by atomic mass is 32.2. The molecule has 5 nitrogen and oxygen atoms in total. The highest BCUT2D eigenvalue weighted by Crippen LogP contribution is 2.25. The van der Waals surface area contributed by atoms with Gasteiger partial charge in [0.15, 0.2) is 0 Å². The van der Waals surface area contributed by atoms with Gasteiger partial charge < -0.3 is 4.90 Å². The Labute approximate surface area is 165 Å². The summed E-state index contributed by atoms with van der Waals surface area (Å²) < 4.78 is 27.4. The molecule has 0 saturated carbocycles. The van der Waals surface area contributed by atoms with Crippen molar-refractivity contribution in [3.8, 4) is 0 Å². The van der Waals surface area contributed by atoms with Crippen molar-refractivity contribution in [2.75, 3.05) is 26.2 Å². The van der Waals surface area contributed by atoms with E-state index < -0.39 is 10.0 Å². The van der Waals surface area contributed by atoms with E-state index in [1.54, 1.807) is 11.0 Å². The zero-order valence-corrected chi connectivity index (χ0v) is 17.9. The minimum absolute atomic E-state index is 0.00589. The zero-order valence-electron chi connectivity index (χ0n) is 16.3. The number of rotatable bonds is 4. The van der Waals surface area contributed by atoms with Crippen molar-refractivity contribution in [1.82, 2.24) is 9.21 Å². The molecule has 1 aliphatic rings. The van der Waals surface area contributed by atoms with E-state index in [0.717, 1.165) is 22.4 Å². The lowest BCUT2D eigenvalue weighted by Crippen LogP contribution is -2.50. The molecule has 0 unspecified atom stereocenters. The first kappa shape index (κ1) is 20.0. The van der Waals surface area contributed by atoms with Crippen LogP contribution in [0, 0.1) is 20.8 Å². The van der Waals surface area contributed by atoms with Crippen LogP contribution in [0.5, 0.6) is 0 Å². The fraction of sp³-hybridized carbons (Fsp3) is 0.450. The molecular formula is C20H26N2O3S2. The predicted molar refractivity (Wildman–Crippen MR) is 109 cm³/mol. The zero-order chi connectivity index (χ0) is 19.8. The lowest BCUT2D eigenvalue weighted by molar-refractivity contribution is 0.0702. The Morgan fingerprint density at radius 2 is 1.74 bits per heavy atom. The van der Waals surface area contributed by atoms with Crippen LogP contribution in [-0.4, -0.2) is 49.7 Å². The third-order valence-corrected chi connectivity index (χ3v) is 8.23. The topological polar surface area (TPSA) is 57.7 Å². The van der Waals surface area contributed by atoms with Crippen molar-refractivity contribution in [2.45, 2.75) is 39.0 Å². The summed E-state index contributed by atoms with van der Waals surface area (Å²) in [7, 11) is -3.53. The van der Waals surface area contributed by atoms with Gasteiger partial charge in [-0.05, 0) is 50.5 Å². The Balaban J connectivity index is 1.71. The number of piperazine rings is 1. The second-order valence-electron chi connectivity index (χ2n) is 7.01. The fourth-order valence-corrected chi connectivity index (χ4v) is 6.20. The Kier molecular flexibility index (Phi) is 5.74. The second kappa shape index (κ2) is 7.73. The molecule has 1 aromatic heterocycles. The molecule has 0 spiro atoms. The summed E-state index contributed by atoms with van der Waals surface area (Å²) in [6.07, 6.45) is 0.914. The van der Waals surface area contributed by atoms with Crippen LogP contribution in [0.1, 0.15) is 38.2 Å². The molecule has 146 valence electrons. The number of hydrogen-bond donors (Lipinski definition) is 0. The van der Waals surface area contributed by atoms with E-state index in [1.165, 1.54) is 26.1 Å². The van der Waals surface area contributed by atoms with Gasteiger partial charge in [-0.3, -0.25) is 4.79 Å². The average Bonchev–Trinajstić information content (AvgIpc) is 3.01. The third-order valence-electron chi connectivity index (χ3n) is 5.09. The summed E-state index contributed by atoms with van der Waals surface area (Å²) >= 11 is 1.52. The first-order chi connectivity index (χ1) is 12.7. The van der Waals surface area contributed by atoms with Crippen molar-refractivity contribution < 1.29 is 13.2 Å². The number of thiophene rings is 1. The van der Waals surface area contributed by atoms with Gasteiger partial charge in [-0.2, -0.15) is 4.31 Å². The summed E-state index contributed by atoms with van der Waals surface area (Å²) in [5.41, 5.74) is 3.01. The van der Waals surface area contributed by atoms with Crippen LogP contribution in [0.15, 0.2) is 29.2 Å². The van der Waals surface area contributed by atoms with Crippen molar-refractivity contribution in [3.63, 3.8) is 0 Å². The molecular weight excluding hydrogens is 380 g/mol. The number of carbonyl (C=O) groups excluding carboxylic acids is 1. The van der Waals surface area contributed by atoms with Gasteiger partial charge in [-0.15, -0.1) is 11.3 Å². The van der Waals surface area contributed by atoms with Crippen LogP contribution in [0.25, 0.3) is 0 Å². The third kappa shape index (κ3) is 3.95. The number of carbonyl (C=O) groups is 1. The minimum atomic E-state index is -3.53. The van der Waals surface area contributed by atoms with Crippen LogP contribution in [0.2, 0.25) is 0 Å². The molecule has 7 heteroatoms. The Morgan fingerprint density at radius 1 is 1.07 bits per heavy atom. The number of hydrogen-bond acceptors (Lipinski definition) is 4. The van der Waals surface area contributed by atoms with Gasteiger partial charge in [0.25, 0.3) is 5.91 Å². The summed E-state index contributed by atoms with van der Waals surface area (Å²) in [5.74, 6) is 0.00589. The molecule has 0 atom stereocenters. The first-order valence-corrected chi connectivity index (χ1v) is 11.5. The van der Waals surface area contributed by atoms with E-state index in [0.29, 0.717) is 31.1 Å². The fourth-order valence-electron chi connectivity index (χ4n) is 3.49. The smallest absolute Gasteiger partial charge is 0.264 e. The van der Waals surface area contributed by atoms with Gasteiger partial charge in [0.05, 0.1) is 9.77 Å². The van der Waals surface area contributed by atoms with E-state index in [-0.39, 0.29) is 5.91 Å². The van der Waals surface area contributed by atoms with Crippen LogP contribution < -0.4 is 0 Å². The summed E-state index contributed by atoms with van der Waals surface area (Å²) in [6, 6.07) is 7.36. The highest BCUT2D eigenvalue weighted by Gasteiger charge is 2.31. The average molecular weight is 407 g/mol. The number of aryl methyl sites for hydroxylation is 4. The maximum atomic E-state index is 13.0. The van der Waals surface area contributed by atoms with Gasteiger partial charge in [0, 0.05) is 31.1 Å². The van der Waals surface area contributed by atoms with Gasteiger partial charge >= 0.3 is 0 Å². The maximum absolute atomic E-state index is 13.0. The lowest BCUT2D eigenvalue weighted by Gasteiger charge is -2.34. The SMILES string of the molecule is CCc1cc(C(=O)N2CCN(S(=O)(=O)c3ccc(C)cc3C)CC2)sc1C. The van der Waals surface area contributed by atoms with E-state index in [9.17, 15) is 13.2 Å². The standard InChI is InChI=1S/C20H26N2O3S2/c1-5-17-13-18(26-16(17)4)20(23)21-8-10-22(11-9-21)27(24,25)19-7-6-14(2)12-15(19)3/h6-7,12-13H,5,8-11H2,1-4H3. The van der Waals surface area contributed by atoms with E-state index in [2.05, 4.69) is 6.92 Å². The molecule has 0 bridgehead atoms. The summed E-state index contributed by atoms with van der Waals surface area (Å²) in [5, 5.41) is 0. The Hall–Kier alpha value is -1.70. The van der Waals surface area contributed by atoms with Crippen molar-refractivity contribution in [1.29, 1.82) is 0 Å². The lowest BCUT2D eigenvalue weighted by atomic mass is 10.2.